The molecule has 49 heavy (non-hydrogen) atoms. The highest BCUT2D eigenvalue weighted by Gasteiger charge is 2.25. The Morgan fingerprint density at radius 3 is 1.76 bits per heavy atom. The molecule has 0 saturated heterocycles. The van der Waals surface area contributed by atoms with E-state index in [1.807, 2.05) is 48.6 Å². The SMILES string of the molecule is CC/C=C/C=C/C=C/C=C/C=C/CCCCCC(=O)OCC(COCCC(C(=O)[O-])[N+](C)(C)C)OC(=O)CCCCCC/C=C/CCCC. The molecule has 0 N–H and O–H groups in total. The lowest BCUT2D eigenvalue weighted by molar-refractivity contribution is -0.889. The second-order valence-electron chi connectivity index (χ2n) is 13.2. The summed E-state index contributed by atoms with van der Waals surface area (Å²) in [6.45, 7) is 4.37. The van der Waals surface area contributed by atoms with Crippen LogP contribution in [0.2, 0.25) is 0 Å². The fourth-order valence-electron chi connectivity index (χ4n) is 4.78. The fourth-order valence-corrected chi connectivity index (χ4v) is 4.78. The molecule has 8 nitrogen and oxygen atoms in total. The number of likely N-dealkylation sites (N-methyl/N-ethyl adjacent to an activating group) is 1. The van der Waals surface area contributed by atoms with Gasteiger partial charge in [-0.15, -0.1) is 0 Å². The predicted octanol–water partition coefficient (Wildman–Crippen LogP) is 7.90. The Balaban J connectivity index is 4.55. The van der Waals surface area contributed by atoms with Gasteiger partial charge >= 0.3 is 11.9 Å². The highest BCUT2D eigenvalue weighted by molar-refractivity contribution is 5.70. The minimum Gasteiger partial charge on any atom is -0.544 e. The number of allylic oxidation sites excluding steroid dienone is 12. The number of carbonyl (C=O) groups is 3. The number of carboxylic acid groups (broad SMARTS) is 1. The van der Waals surface area contributed by atoms with Crippen molar-refractivity contribution in [3.8, 4) is 0 Å². The Kier molecular flexibility index (Phi) is 29.9. The van der Waals surface area contributed by atoms with Crippen LogP contribution in [0.5, 0.6) is 0 Å². The summed E-state index contributed by atoms with van der Waals surface area (Å²) < 4.78 is 17.0. The molecule has 0 aromatic heterocycles. The first-order valence-corrected chi connectivity index (χ1v) is 18.5. The van der Waals surface area contributed by atoms with Crippen molar-refractivity contribution >= 4 is 17.9 Å². The molecule has 0 bridgehead atoms. The van der Waals surface area contributed by atoms with E-state index < -0.39 is 18.1 Å². The number of carboxylic acids is 1. The number of aliphatic carboxylic acids is 1. The summed E-state index contributed by atoms with van der Waals surface area (Å²) in [5.41, 5.74) is 0. The number of ether oxygens (including phenoxy) is 3. The van der Waals surface area contributed by atoms with Crippen molar-refractivity contribution in [1.29, 1.82) is 0 Å². The molecule has 0 radical (unpaired) electrons. The summed E-state index contributed by atoms with van der Waals surface area (Å²) in [6, 6.07) is -0.736. The number of hydrogen-bond donors (Lipinski definition) is 0. The first-order valence-electron chi connectivity index (χ1n) is 18.5. The van der Waals surface area contributed by atoms with Crippen LogP contribution < -0.4 is 5.11 Å². The lowest BCUT2D eigenvalue weighted by Crippen LogP contribution is -2.55. The lowest BCUT2D eigenvalue weighted by atomic mass is 10.1. The number of nitrogens with zero attached hydrogens (tertiary/aromatic N) is 1. The monoisotopic (exact) mass is 685 g/mol. The quantitative estimate of drug-likeness (QED) is 0.0240. The molecule has 0 saturated carbocycles. The van der Waals surface area contributed by atoms with E-state index in [4.69, 9.17) is 14.2 Å². The van der Waals surface area contributed by atoms with Crippen LogP contribution in [0, 0.1) is 0 Å². The largest absolute Gasteiger partial charge is 0.544 e. The van der Waals surface area contributed by atoms with Crippen molar-refractivity contribution in [2.75, 3.05) is 41.0 Å². The van der Waals surface area contributed by atoms with Gasteiger partial charge in [0.2, 0.25) is 0 Å². The van der Waals surface area contributed by atoms with Gasteiger partial charge in [0.25, 0.3) is 0 Å². The van der Waals surface area contributed by atoms with E-state index in [1.165, 1.54) is 12.8 Å². The Hall–Kier alpha value is -3.23. The molecule has 0 amide bonds. The number of quaternary nitrogens is 1. The van der Waals surface area contributed by atoms with Gasteiger partial charge in [0, 0.05) is 19.3 Å². The number of carbonyl (C=O) groups excluding carboxylic acids is 3. The molecule has 2 atom stereocenters. The standard InChI is InChI=1S/C41H67NO7/c1-6-8-10-12-14-16-18-19-20-21-22-24-25-27-29-31-39(43)48-36-37(35-47-34-33-38(41(45)46)42(3,4)5)49-40(44)32-30-28-26-23-17-15-13-11-9-7-2/h8,10,12-16,18-22,37-38H,6-7,9,11,17,23-36H2,1-5H3/b10-8+,14-12+,15-13+,18-16+,20-19+,22-21+. The van der Waals surface area contributed by atoms with Gasteiger partial charge in [0.1, 0.15) is 12.6 Å². The second kappa shape index (κ2) is 32.0. The molecule has 0 aliphatic heterocycles. The summed E-state index contributed by atoms with van der Waals surface area (Å²) in [7, 11) is 5.36. The van der Waals surface area contributed by atoms with Gasteiger partial charge in [-0.05, 0) is 51.4 Å². The van der Waals surface area contributed by atoms with E-state index in [1.54, 1.807) is 21.1 Å². The van der Waals surface area contributed by atoms with Crippen LogP contribution in [0.15, 0.2) is 72.9 Å². The summed E-state index contributed by atoms with van der Waals surface area (Å²) >= 11 is 0. The van der Waals surface area contributed by atoms with Crippen molar-refractivity contribution in [3.63, 3.8) is 0 Å². The molecule has 0 spiro atoms. The molecular formula is C41H67NO7. The van der Waals surface area contributed by atoms with Crippen molar-refractivity contribution in [2.24, 2.45) is 0 Å². The van der Waals surface area contributed by atoms with E-state index >= 15 is 0 Å². The molecule has 0 fully saturated rings. The molecule has 278 valence electrons. The average Bonchev–Trinajstić information content (AvgIpc) is 3.05. The van der Waals surface area contributed by atoms with Crippen LogP contribution in [-0.2, 0) is 28.6 Å². The Morgan fingerprint density at radius 2 is 1.16 bits per heavy atom. The fraction of sp³-hybridized carbons (Fsp3) is 0.634. The van der Waals surface area contributed by atoms with E-state index in [2.05, 4.69) is 38.2 Å². The van der Waals surface area contributed by atoms with Crippen molar-refractivity contribution in [2.45, 2.75) is 129 Å². The summed E-state index contributed by atoms with van der Waals surface area (Å²) in [6.07, 6.45) is 37.9. The maximum atomic E-state index is 12.6. The third-order valence-corrected chi connectivity index (χ3v) is 7.70. The van der Waals surface area contributed by atoms with E-state index in [0.717, 1.165) is 70.6 Å². The first kappa shape index (κ1) is 45.8. The highest BCUT2D eigenvalue weighted by Crippen LogP contribution is 2.11. The third kappa shape index (κ3) is 30.6. The van der Waals surface area contributed by atoms with Crippen LogP contribution in [0.25, 0.3) is 0 Å². The molecule has 0 aromatic carbocycles. The zero-order valence-electron chi connectivity index (χ0n) is 31.3. The van der Waals surface area contributed by atoms with Gasteiger partial charge in [-0.3, -0.25) is 9.59 Å². The van der Waals surface area contributed by atoms with Crippen LogP contribution in [0.1, 0.15) is 117 Å². The van der Waals surface area contributed by atoms with Gasteiger partial charge in [-0.1, -0.05) is 119 Å². The molecular weight excluding hydrogens is 618 g/mol. The summed E-state index contributed by atoms with van der Waals surface area (Å²) in [5, 5.41) is 11.6. The van der Waals surface area contributed by atoms with Gasteiger partial charge in [-0.2, -0.15) is 0 Å². The summed E-state index contributed by atoms with van der Waals surface area (Å²) in [4.78, 5) is 36.6. The molecule has 0 aromatic rings. The maximum absolute atomic E-state index is 12.6. The molecule has 0 aliphatic carbocycles. The van der Waals surface area contributed by atoms with Crippen LogP contribution in [0.3, 0.4) is 0 Å². The third-order valence-electron chi connectivity index (χ3n) is 7.70. The molecule has 0 aliphatic rings. The van der Waals surface area contributed by atoms with Gasteiger partial charge in [0.15, 0.2) is 6.10 Å². The van der Waals surface area contributed by atoms with Gasteiger partial charge in [-0.25, -0.2) is 0 Å². The van der Waals surface area contributed by atoms with Crippen LogP contribution in [-0.4, -0.2) is 75.5 Å². The number of unbranched alkanes of at least 4 members (excludes halogenated alkanes) is 9. The minimum atomic E-state index is -1.14. The Labute approximate surface area is 298 Å². The average molecular weight is 686 g/mol. The Morgan fingerprint density at radius 1 is 0.633 bits per heavy atom. The van der Waals surface area contributed by atoms with E-state index in [0.29, 0.717) is 12.8 Å². The van der Waals surface area contributed by atoms with Gasteiger partial charge < -0.3 is 28.6 Å². The zero-order valence-corrected chi connectivity index (χ0v) is 31.3. The van der Waals surface area contributed by atoms with Crippen molar-refractivity contribution < 1.29 is 38.2 Å². The summed E-state index contributed by atoms with van der Waals surface area (Å²) in [5.74, 6) is -1.82. The first-order chi connectivity index (χ1) is 23.6. The molecule has 0 heterocycles. The van der Waals surface area contributed by atoms with Crippen molar-refractivity contribution in [1.82, 2.24) is 0 Å². The van der Waals surface area contributed by atoms with Crippen molar-refractivity contribution in [3.05, 3.63) is 72.9 Å². The number of hydrogen-bond acceptors (Lipinski definition) is 7. The predicted molar refractivity (Wildman–Crippen MR) is 199 cm³/mol. The van der Waals surface area contributed by atoms with E-state index in [-0.39, 0.29) is 42.7 Å². The lowest BCUT2D eigenvalue weighted by Gasteiger charge is -2.34. The highest BCUT2D eigenvalue weighted by atomic mass is 16.6. The molecule has 8 heteroatoms. The normalized spacial score (nSPS) is 13.9. The maximum Gasteiger partial charge on any atom is 0.306 e. The number of rotatable bonds is 31. The Bertz CT molecular complexity index is 1030. The number of esters is 2. The van der Waals surface area contributed by atoms with Gasteiger partial charge in [0.05, 0.1) is 40.3 Å². The topological polar surface area (TPSA) is 102 Å². The second-order valence-corrected chi connectivity index (χ2v) is 13.2. The zero-order chi connectivity index (χ0) is 36.4. The molecule has 2 unspecified atom stereocenters. The van der Waals surface area contributed by atoms with E-state index in [9.17, 15) is 19.5 Å². The minimum absolute atomic E-state index is 0.0177. The van der Waals surface area contributed by atoms with Crippen LogP contribution >= 0.6 is 0 Å². The molecule has 0 rings (SSSR count). The smallest absolute Gasteiger partial charge is 0.306 e. The van der Waals surface area contributed by atoms with Crippen LogP contribution in [0.4, 0.5) is 0 Å².